The Labute approximate surface area is 342 Å². The number of carboxylic acid groups (broad SMARTS) is 4. The van der Waals surface area contributed by atoms with Gasteiger partial charge in [-0.1, -0.05) is 48.5 Å². The van der Waals surface area contributed by atoms with E-state index in [0.717, 1.165) is 78.0 Å². The number of aromatic nitrogens is 2. The number of rotatable bonds is 8. The lowest BCUT2D eigenvalue weighted by Gasteiger charge is -2.20. The zero-order chi connectivity index (χ0) is 41.7. The van der Waals surface area contributed by atoms with Gasteiger partial charge in [0, 0.05) is 55.8 Å². The minimum absolute atomic E-state index is 0.164. The number of nitrogens with one attached hydrogen (secondary N) is 4. The number of H-pyrrole nitrogens is 2. The summed E-state index contributed by atoms with van der Waals surface area (Å²) in [5, 5.41) is 48.1. The van der Waals surface area contributed by atoms with Crippen LogP contribution >= 0.6 is 0 Å². The summed E-state index contributed by atoms with van der Waals surface area (Å²) in [6, 6.07) is 34.8. The second-order valence-electron chi connectivity index (χ2n) is 15.1. The van der Waals surface area contributed by atoms with Crippen molar-refractivity contribution >= 4 is 46.2 Å². The van der Waals surface area contributed by atoms with Gasteiger partial charge in [0.05, 0.1) is 34.3 Å². The van der Waals surface area contributed by atoms with Crippen LogP contribution in [0.4, 0.5) is 0 Å². The monoisotopic (exact) mass is 798 g/mol. The van der Waals surface area contributed by atoms with Crippen molar-refractivity contribution in [3.8, 4) is 0 Å². The molecule has 5 heterocycles. The van der Waals surface area contributed by atoms with Crippen molar-refractivity contribution in [1.29, 1.82) is 0 Å². The van der Waals surface area contributed by atoms with Crippen LogP contribution in [0.2, 0.25) is 0 Å². The van der Waals surface area contributed by atoms with Crippen LogP contribution in [0.5, 0.6) is 0 Å². The molecule has 60 heavy (non-hydrogen) atoms. The molecule has 0 amide bonds. The van der Waals surface area contributed by atoms with Gasteiger partial charge < -0.3 is 41.0 Å². The van der Waals surface area contributed by atoms with Gasteiger partial charge in [-0.15, -0.1) is 0 Å². The molecule has 2 fully saturated rings. The van der Waals surface area contributed by atoms with Gasteiger partial charge in [0.1, 0.15) is 0 Å². The molecule has 0 saturated carbocycles. The lowest BCUT2D eigenvalue weighted by Crippen LogP contribution is -2.31. The Hall–Kier alpha value is -7.86. The van der Waals surface area contributed by atoms with Gasteiger partial charge in [-0.2, -0.15) is 0 Å². The van der Waals surface area contributed by atoms with Crippen LogP contribution in [0, 0.1) is 0 Å². The number of hydrogen-bond acceptors (Lipinski definition) is 6. The lowest BCUT2D eigenvalue weighted by molar-refractivity contribution is 0.0686. The second-order valence-corrected chi connectivity index (χ2v) is 15.1. The molecule has 2 atom stereocenters. The van der Waals surface area contributed by atoms with Gasteiger partial charge in [-0.3, -0.25) is 0 Å². The van der Waals surface area contributed by atoms with Crippen molar-refractivity contribution in [2.24, 2.45) is 0 Å². The summed E-state index contributed by atoms with van der Waals surface area (Å²) in [7, 11) is 0. The molecule has 2 unspecified atom stereocenters. The van der Waals surface area contributed by atoms with Crippen molar-refractivity contribution in [2.75, 3.05) is 0 Å². The van der Waals surface area contributed by atoms with E-state index in [-0.39, 0.29) is 34.3 Å². The number of carbonyl (C=O) groups is 4. The number of hydrogen-bond donors (Lipinski definition) is 8. The third-order valence-corrected chi connectivity index (χ3v) is 11.6. The molecule has 0 radical (unpaired) electrons. The van der Waals surface area contributed by atoms with Crippen LogP contribution in [0.1, 0.15) is 101 Å². The van der Waals surface area contributed by atoms with Crippen LogP contribution in [0.25, 0.3) is 22.3 Å². The molecule has 9 rings (SSSR count). The number of allylic oxidation sites excluding steroid dienone is 2. The Kier molecular flexibility index (Phi) is 9.52. The molecule has 2 saturated heterocycles. The molecule has 12 heteroatoms. The zero-order valence-corrected chi connectivity index (χ0v) is 32.0. The average Bonchev–Trinajstić information content (AvgIpc) is 4.10. The first-order valence-electron chi connectivity index (χ1n) is 19.5. The van der Waals surface area contributed by atoms with E-state index in [4.69, 9.17) is 0 Å². The minimum atomic E-state index is -1.03. The summed E-state index contributed by atoms with van der Waals surface area (Å²) in [6.07, 6.45) is 2.65. The standard InChI is InChI=1S/C48H38N4O8/c53-45(54)29-9-1-25(2-10-29)41-33-17-19-35(49-33)42(26-3-11-30(12-4-26)46(55)56)37-21-23-39(51-37)44(28-7-15-32(16-8-28)48(59)60)40-24-22-38(52-40)43(36-20-18-34(41)50-36)27-5-13-31(14-6-27)47(57)58/h1-17,19,22,24,34,37,49-52H,18,20-21,23H2,(H,53,54)(H,55,56)(H,57,58)(H,59,60)/b41-33+,42-35?,43-36-,44-39-. The van der Waals surface area contributed by atoms with Gasteiger partial charge in [0.25, 0.3) is 0 Å². The molecule has 3 aliphatic rings. The van der Waals surface area contributed by atoms with Crippen molar-refractivity contribution in [3.05, 3.63) is 199 Å². The van der Waals surface area contributed by atoms with E-state index in [1.807, 2.05) is 48.5 Å². The lowest BCUT2D eigenvalue weighted by atomic mass is 9.95. The van der Waals surface area contributed by atoms with E-state index >= 15 is 0 Å². The van der Waals surface area contributed by atoms with Crippen molar-refractivity contribution in [2.45, 2.75) is 37.8 Å². The Bertz CT molecular complexity index is 2720. The topological polar surface area (TPSA) is 205 Å². The smallest absolute Gasteiger partial charge is 0.335 e. The Balaban J connectivity index is 1.32. The van der Waals surface area contributed by atoms with Gasteiger partial charge in [0.2, 0.25) is 0 Å². The highest BCUT2D eigenvalue weighted by Crippen LogP contribution is 2.38. The largest absolute Gasteiger partial charge is 0.478 e. The first-order valence-corrected chi connectivity index (χ1v) is 19.5. The molecule has 6 aromatic rings. The maximum atomic E-state index is 11.9. The fourth-order valence-electron chi connectivity index (χ4n) is 8.73. The van der Waals surface area contributed by atoms with E-state index in [1.54, 1.807) is 72.8 Å². The summed E-state index contributed by atoms with van der Waals surface area (Å²) in [4.78, 5) is 54.9. The quantitative estimate of drug-likeness (QED) is 0.0867. The minimum Gasteiger partial charge on any atom is -0.478 e. The summed E-state index contributed by atoms with van der Waals surface area (Å²) in [5.41, 5.74) is 11.0. The van der Waals surface area contributed by atoms with Crippen LogP contribution in [-0.4, -0.2) is 66.4 Å². The maximum Gasteiger partial charge on any atom is 0.335 e. The predicted octanol–water partition coefficient (Wildman–Crippen LogP) is 6.27. The molecule has 3 aliphatic heterocycles. The number of carboxylic acids is 4. The highest BCUT2D eigenvalue weighted by Gasteiger charge is 2.31. The predicted molar refractivity (Wildman–Crippen MR) is 224 cm³/mol. The van der Waals surface area contributed by atoms with Gasteiger partial charge in [0.15, 0.2) is 0 Å². The summed E-state index contributed by atoms with van der Waals surface area (Å²) >= 11 is 0. The van der Waals surface area contributed by atoms with Crippen LogP contribution in [-0.2, 0) is 0 Å². The molecule has 8 bridgehead atoms. The highest BCUT2D eigenvalue weighted by atomic mass is 16.4. The molecule has 12 nitrogen and oxygen atoms in total. The summed E-state index contributed by atoms with van der Waals surface area (Å²) in [6.45, 7) is 0. The fourth-order valence-corrected chi connectivity index (χ4v) is 8.73. The number of fused-ring (bicyclic) bond motifs is 8. The van der Waals surface area contributed by atoms with Crippen molar-refractivity contribution in [1.82, 2.24) is 20.6 Å². The van der Waals surface area contributed by atoms with E-state index in [1.165, 1.54) is 0 Å². The van der Waals surface area contributed by atoms with Gasteiger partial charge >= 0.3 is 23.9 Å². The molecule has 0 aliphatic carbocycles. The number of benzene rings is 4. The van der Waals surface area contributed by atoms with E-state index in [0.29, 0.717) is 25.7 Å². The molecule has 8 N–H and O–H groups in total. The zero-order valence-electron chi connectivity index (χ0n) is 32.0. The molecule has 4 aromatic carbocycles. The SMILES string of the molecule is O=C(O)c1ccc(C2=c3cc/c([nH]3)=C(/c3ccc(C(=O)O)cc3)C3CC/C(=C(\c4ccc(C(=O)O)cc4)c4ccc([nH]4)/C(c4ccc(C(=O)O)cc4)=C4/CCC2N4)N3)cc1. The van der Waals surface area contributed by atoms with Crippen LogP contribution in [0.3, 0.4) is 0 Å². The van der Waals surface area contributed by atoms with Crippen molar-refractivity contribution in [3.63, 3.8) is 0 Å². The molecular formula is C48H38N4O8. The highest BCUT2D eigenvalue weighted by molar-refractivity contribution is 5.92. The third-order valence-electron chi connectivity index (χ3n) is 11.6. The van der Waals surface area contributed by atoms with Crippen LogP contribution < -0.4 is 21.3 Å². The van der Waals surface area contributed by atoms with Crippen molar-refractivity contribution < 1.29 is 39.6 Å². The van der Waals surface area contributed by atoms with E-state index < -0.39 is 23.9 Å². The normalized spacial score (nSPS) is 20.6. The van der Waals surface area contributed by atoms with Gasteiger partial charge in [-0.25, -0.2) is 19.2 Å². The first kappa shape index (κ1) is 37.7. The van der Waals surface area contributed by atoms with Gasteiger partial charge in [-0.05, 0) is 121 Å². The van der Waals surface area contributed by atoms with Crippen LogP contribution in [0.15, 0.2) is 133 Å². The molecule has 2 aromatic heterocycles. The molecule has 0 spiro atoms. The first-order chi connectivity index (χ1) is 29.0. The third kappa shape index (κ3) is 6.93. The fraction of sp³-hybridized carbons (Fsp3) is 0.125. The Morgan fingerprint density at radius 1 is 0.400 bits per heavy atom. The summed E-state index contributed by atoms with van der Waals surface area (Å²) < 4.78 is 0. The van der Waals surface area contributed by atoms with E-state index in [2.05, 4.69) is 20.6 Å². The number of aromatic amines is 2. The van der Waals surface area contributed by atoms with E-state index in [9.17, 15) is 39.6 Å². The summed E-state index contributed by atoms with van der Waals surface area (Å²) in [5.74, 6) is -4.10. The number of aromatic carboxylic acids is 4. The Morgan fingerprint density at radius 2 is 0.717 bits per heavy atom. The molecule has 298 valence electrons. The average molecular weight is 799 g/mol. The second kappa shape index (κ2) is 15.1. The Morgan fingerprint density at radius 3 is 1.03 bits per heavy atom. The molecular weight excluding hydrogens is 761 g/mol. The maximum absolute atomic E-state index is 11.9.